The minimum Gasteiger partial charge on any atom is -0.490 e. The van der Waals surface area contributed by atoms with Gasteiger partial charge < -0.3 is 19.9 Å². The molecule has 1 aromatic carbocycles. The van der Waals surface area contributed by atoms with Crippen LogP contribution in [0.3, 0.4) is 0 Å². The molecule has 3 rings (SSSR count). The molecule has 1 saturated carbocycles. The molecule has 6 heteroatoms. The minimum atomic E-state index is -1.01. The maximum atomic E-state index is 12.1. The molecule has 2 fully saturated rings. The molecule has 0 bridgehead atoms. The van der Waals surface area contributed by atoms with Crippen LogP contribution in [-0.2, 0) is 20.9 Å². The highest BCUT2D eigenvalue weighted by atomic mass is 16.5. The van der Waals surface area contributed by atoms with Crippen LogP contribution in [0.25, 0.3) is 0 Å². The van der Waals surface area contributed by atoms with E-state index in [4.69, 9.17) is 14.6 Å². The molecule has 1 aliphatic carbocycles. The van der Waals surface area contributed by atoms with Crippen molar-refractivity contribution < 1.29 is 24.2 Å². The molecule has 0 aromatic heterocycles. The van der Waals surface area contributed by atoms with E-state index in [9.17, 15) is 9.59 Å². The molecule has 2 aliphatic rings. The first-order valence-corrected chi connectivity index (χ1v) is 8.04. The third-order valence-electron chi connectivity index (χ3n) is 4.36. The molecule has 0 spiro atoms. The number of benzene rings is 1. The van der Waals surface area contributed by atoms with Crippen LogP contribution in [0.4, 0.5) is 0 Å². The molecule has 1 saturated heterocycles. The molecule has 124 valence electrons. The second-order valence-corrected chi connectivity index (χ2v) is 6.03. The van der Waals surface area contributed by atoms with E-state index in [1.54, 1.807) is 0 Å². The van der Waals surface area contributed by atoms with Crippen LogP contribution < -0.4 is 10.1 Å². The van der Waals surface area contributed by atoms with Crippen molar-refractivity contribution in [2.45, 2.75) is 57.0 Å². The van der Waals surface area contributed by atoms with E-state index in [2.05, 4.69) is 5.32 Å². The molecule has 2 atom stereocenters. The first kappa shape index (κ1) is 15.8. The summed E-state index contributed by atoms with van der Waals surface area (Å²) in [5.74, 6) is -0.486. The van der Waals surface area contributed by atoms with Gasteiger partial charge in [0.2, 0.25) is 5.91 Å². The van der Waals surface area contributed by atoms with Crippen LogP contribution in [-0.4, -0.2) is 35.3 Å². The Bertz CT molecular complexity index is 584. The standard InChI is InChI=1S/C17H21NO5/c19-16(14-8-9-15(23-14)17(20)21)18-10-11-4-1-2-7-13(11)22-12-5-3-6-12/h1-2,4,7,12,14-15H,3,5-6,8-10H2,(H,18,19)(H,20,21)/t14-,15+/m0/s1. The molecule has 1 aromatic rings. The molecule has 6 nitrogen and oxygen atoms in total. The summed E-state index contributed by atoms with van der Waals surface area (Å²) < 4.78 is 11.2. The summed E-state index contributed by atoms with van der Waals surface area (Å²) in [5.41, 5.74) is 0.917. The number of carbonyl (C=O) groups excluding carboxylic acids is 1. The lowest BCUT2D eigenvalue weighted by atomic mass is 9.96. The predicted octanol–water partition coefficient (Wildman–Crippen LogP) is 1.87. The number of amides is 1. The molecule has 0 radical (unpaired) electrons. The second-order valence-electron chi connectivity index (χ2n) is 6.03. The lowest BCUT2D eigenvalue weighted by molar-refractivity contribution is -0.151. The highest BCUT2D eigenvalue weighted by molar-refractivity contribution is 5.82. The summed E-state index contributed by atoms with van der Waals surface area (Å²) in [5, 5.41) is 11.7. The van der Waals surface area contributed by atoms with E-state index in [0.717, 1.165) is 24.2 Å². The van der Waals surface area contributed by atoms with Crippen molar-refractivity contribution in [3.63, 3.8) is 0 Å². The zero-order valence-corrected chi connectivity index (χ0v) is 12.9. The van der Waals surface area contributed by atoms with Crippen LogP contribution >= 0.6 is 0 Å². The number of carbonyl (C=O) groups is 2. The minimum absolute atomic E-state index is 0.271. The van der Waals surface area contributed by atoms with Gasteiger partial charge in [-0.1, -0.05) is 18.2 Å². The van der Waals surface area contributed by atoms with E-state index in [1.165, 1.54) is 6.42 Å². The van der Waals surface area contributed by atoms with Crippen molar-refractivity contribution in [2.24, 2.45) is 0 Å². The van der Waals surface area contributed by atoms with Gasteiger partial charge in [0.15, 0.2) is 6.10 Å². The number of carboxylic acids is 1. The highest BCUT2D eigenvalue weighted by Gasteiger charge is 2.34. The Kier molecular flexibility index (Phi) is 4.81. The Labute approximate surface area is 134 Å². The van der Waals surface area contributed by atoms with Gasteiger partial charge in [-0.15, -0.1) is 0 Å². The van der Waals surface area contributed by atoms with Gasteiger partial charge in [-0.05, 0) is 38.2 Å². The van der Waals surface area contributed by atoms with Crippen LogP contribution in [0.1, 0.15) is 37.7 Å². The smallest absolute Gasteiger partial charge is 0.332 e. The monoisotopic (exact) mass is 319 g/mol. The number of rotatable bonds is 6. The van der Waals surface area contributed by atoms with Gasteiger partial charge in [0.05, 0.1) is 6.10 Å². The third-order valence-corrected chi connectivity index (χ3v) is 4.36. The topological polar surface area (TPSA) is 84.9 Å². The van der Waals surface area contributed by atoms with Crippen molar-refractivity contribution in [1.82, 2.24) is 5.32 Å². The van der Waals surface area contributed by atoms with Crippen LogP contribution in [0.2, 0.25) is 0 Å². The number of nitrogens with one attached hydrogen (secondary N) is 1. The number of carboxylic acid groups (broad SMARTS) is 1. The van der Waals surface area contributed by atoms with Crippen molar-refractivity contribution in [1.29, 1.82) is 0 Å². The van der Waals surface area contributed by atoms with Gasteiger partial charge >= 0.3 is 5.97 Å². The fraction of sp³-hybridized carbons (Fsp3) is 0.529. The van der Waals surface area contributed by atoms with E-state index in [0.29, 0.717) is 19.4 Å². The summed E-state index contributed by atoms with van der Waals surface area (Å²) in [7, 11) is 0. The molecule has 1 amide bonds. The van der Waals surface area contributed by atoms with Crippen LogP contribution in [0.15, 0.2) is 24.3 Å². The van der Waals surface area contributed by atoms with Crippen LogP contribution in [0, 0.1) is 0 Å². The summed E-state index contributed by atoms with van der Waals surface area (Å²) in [6.45, 7) is 0.347. The number of ether oxygens (including phenoxy) is 2. The zero-order valence-electron chi connectivity index (χ0n) is 12.9. The van der Waals surface area contributed by atoms with E-state index >= 15 is 0 Å². The van der Waals surface area contributed by atoms with Crippen molar-refractivity contribution in [3.05, 3.63) is 29.8 Å². The first-order valence-electron chi connectivity index (χ1n) is 8.04. The third kappa shape index (κ3) is 3.82. The largest absolute Gasteiger partial charge is 0.490 e. The molecule has 1 aliphatic heterocycles. The van der Waals surface area contributed by atoms with Gasteiger partial charge in [-0.2, -0.15) is 0 Å². The molecule has 0 unspecified atom stereocenters. The van der Waals surface area contributed by atoms with Crippen LogP contribution in [0.5, 0.6) is 5.75 Å². The maximum absolute atomic E-state index is 12.1. The van der Waals surface area contributed by atoms with E-state index in [1.807, 2.05) is 24.3 Å². The maximum Gasteiger partial charge on any atom is 0.332 e. The average Bonchev–Trinajstić information content (AvgIpc) is 2.99. The first-order chi connectivity index (χ1) is 11.1. The molecular formula is C17H21NO5. The summed E-state index contributed by atoms with van der Waals surface area (Å²) >= 11 is 0. The van der Waals surface area contributed by atoms with Gasteiger partial charge in [0.25, 0.3) is 0 Å². The number of hydrogen-bond donors (Lipinski definition) is 2. The van der Waals surface area contributed by atoms with Crippen molar-refractivity contribution in [2.75, 3.05) is 0 Å². The normalized spacial score (nSPS) is 24.0. The second kappa shape index (κ2) is 7.00. The molecule has 1 heterocycles. The van der Waals surface area contributed by atoms with Crippen molar-refractivity contribution in [3.8, 4) is 5.75 Å². The molecular weight excluding hydrogens is 298 g/mol. The quantitative estimate of drug-likeness (QED) is 0.836. The Morgan fingerprint density at radius 2 is 1.91 bits per heavy atom. The molecule has 2 N–H and O–H groups in total. The van der Waals surface area contributed by atoms with Gasteiger partial charge in [0.1, 0.15) is 11.9 Å². The number of aliphatic carboxylic acids is 1. The highest BCUT2D eigenvalue weighted by Crippen LogP contribution is 2.27. The average molecular weight is 319 g/mol. The fourth-order valence-electron chi connectivity index (χ4n) is 2.74. The summed E-state index contributed by atoms with van der Waals surface area (Å²) in [6, 6.07) is 7.65. The Morgan fingerprint density at radius 1 is 1.17 bits per heavy atom. The lowest BCUT2D eigenvalue weighted by Crippen LogP contribution is -2.35. The lowest BCUT2D eigenvalue weighted by Gasteiger charge is -2.27. The van der Waals surface area contributed by atoms with E-state index < -0.39 is 18.2 Å². The molecule has 23 heavy (non-hydrogen) atoms. The van der Waals surface area contributed by atoms with Gasteiger partial charge in [-0.3, -0.25) is 4.79 Å². The zero-order chi connectivity index (χ0) is 16.2. The van der Waals surface area contributed by atoms with Crippen molar-refractivity contribution >= 4 is 11.9 Å². The Morgan fingerprint density at radius 3 is 2.57 bits per heavy atom. The summed E-state index contributed by atoms with van der Waals surface area (Å²) in [6.07, 6.45) is 2.88. The number of hydrogen-bond acceptors (Lipinski definition) is 4. The van der Waals surface area contributed by atoms with Gasteiger partial charge in [0, 0.05) is 12.1 Å². The summed E-state index contributed by atoms with van der Waals surface area (Å²) in [4.78, 5) is 23.0. The van der Waals surface area contributed by atoms with E-state index in [-0.39, 0.29) is 12.0 Å². The SMILES string of the molecule is O=C(NCc1ccccc1OC1CCC1)[C@@H]1CC[C@H](C(=O)O)O1. The fourth-order valence-corrected chi connectivity index (χ4v) is 2.74. The predicted molar refractivity (Wildman–Crippen MR) is 82.1 cm³/mol. The Balaban J connectivity index is 1.54. The van der Waals surface area contributed by atoms with Gasteiger partial charge in [-0.25, -0.2) is 4.79 Å². The number of para-hydroxylation sites is 1. The Hall–Kier alpha value is -2.08.